The number of carbonyl (C=O) groups excluding carboxylic acids is 1. The average molecular weight is 418 g/mol. The molecule has 1 unspecified atom stereocenters. The second-order valence-corrected chi connectivity index (χ2v) is 8.09. The van der Waals surface area contributed by atoms with E-state index in [4.69, 9.17) is 9.47 Å². The predicted molar refractivity (Wildman–Crippen MR) is 112 cm³/mol. The standard InChI is InChI=1S/C22H43NO6/c1-3-5-7-8-9-10-11-12-13-14-15-23-21(27)19(26)20-17(24)18(25)22(29-20)28-16-6-4-2/h17-20,22,24-26H,3-16H2,1-2H3,(H,23,27)/t17-,18+,19?,20+,22-/m1/s1. The van der Waals surface area contributed by atoms with Gasteiger partial charge in [-0.1, -0.05) is 78.1 Å². The minimum absolute atomic E-state index is 0.388. The van der Waals surface area contributed by atoms with Crippen molar-refractivity contribution in [3.8, 4) is 0 Å². The van der Waals surface area contributed by atoms with E-state index < -0.39 is 36.6 Å². The highest BCUT2D eigenvalue weighted by molar-refractivity contribution is 5.81. The third-order valence-corrected chi connectivity index (χ3v) is 5.45. The van der Waals surface area contributed by atoms with Crippen molar-refractivity contribution in [3.05, 3.63) is 0 Å². The van der Waals surface area contributed by atoms with Crippen LogP contribution in [0, 0.1) is 0 Å². The Labute approximate surface area is 176 Å². The number of aliphatic hydroxyl groups excluding tert-OH is 3. The second-order valence-electron chi connectivity index (χ2n) is 8.09. The molecule has 1 heterocycles. The number of unbranched alkanes of at least 4 members (excludes halogenated alkanes) is 10. The summed E-state index contributed by atoms with van der Waals surface area (Å²) in [4.78, 5) is 12.1. The molecule has 0 bridgehead atoms. The Kier molecular flexibility index (Phi) is 14.5. The summed E-state index contributed by atoms with van der Waals surface area (Å²) in [6.45, 7) is 5.10. The SMILES string of the molecule is CCCCCCCCCCCCNC(=O)C(O)[C@H]1O[C@@H](OCCCC)[C@@H](O)[C@H]1O. The lowest BCUT2D eigenvalue weighted by Crippen LogP contribution is -2.47. The first-order valence-electron chi connectivity index (χ1n) is 11.6. The minimum atomic E-state index is -1.54. The Morgan fingerprint density at radius 2 is 1.45 bits per heavy atom. The first kappa shape index (κ1) is 26.3. The van der Waals surface area contributed by atoms with Gasteiger partial charge in [-0.25, -0.2) is 0 Å². The van der Waals surface area contributed by atoms with Crippen LogP contribution in [-0.2, 0) is 14.3 Å². The molecular formula is C22H43NO6. The smallest absolute Gasteiger partial charge is 0.251 e. The highest BCUT2D eigenvalue weighted by Crippen LogP contribution is 2.25. The highest BCUT2D eigenvalue weighted by atomic mass is 16.7. The van der Waals surface area contributed by atoms with Gasteiger partial charge in [-0.3, -0.25) is 4.79 Å². The van der Waals surface area contributed by atoms with Crippen LogP contribution < -0.4 is 5.32 Å². The van der Waals surface area contributed by atoms with Gasteiger partial charge in [0.2, 0.25) is 0 Å². The van der Waals surface area contributed by atoms with Gasteiger partial charge in [-0.05, 0) is 12.8 Å². The van der Waals surface area contributed by atoms with Gasteiger partial charge in [0.25, 0.3) is 5.91 Å². The van der Waals surface area contributed by atoms with Crippen LogP contribution in [0.15, 0.2) is 0 Å². The lowest BCUT2D eigenvalue weighted by Gasteiger charge is -2.20. The van der Waals surface area contributed by atoms with Gasteiger partial charge >= 0.3 is 0 Å². The lowest BCUT2D eigenvalue weighted by molar-refractivity contribution is -0.181. The zero-order valence-corrected chi connectivity index (χ0v) is 18.4. The third kappa shape index (κ3) is 10.2. The van der Waals surface area contributed by atoms with Crippen LogP contribution in [0.3, 0.4) is 0 Å². The zero-order valence-electron chi connectivity index (χ0n) is 18.4. The molecule has 1 fully saturated rings. The monoisotopic (exact) mass is 417 g/mol. The topological polar surface area (TPSA) is 108 Å². The summed E-state index contributed by atoms with van der Waals surface area (Å²) in [6.07, 6.45) is 7.47. The molecule has 0 aromatic carbocycles. The van der Waals surface area contributed by atoms with Crippen molar-refractivity contribution in [1.29, 1.82) is 0 Å². The number of amides is 1. The van der Waals surface area contributed by atoms with Crippen LogP contribution >= 0.6 is 0 Å². The van der Waals surface area contributed by atoms with Gasteiger partial charge in [-0.15, -0.1) is 0 Å². The molecule has 29 heavy (non-hydrogen) atoms. The molecule has 0 radical (unpaired) electrons. The molecule has 1 amide bonds. The number of nitrogens with one attached hydrogen (secondary N) is 1. The summed E-state index contributed by atoms with van der Waals surface area (Å²) in [5.41, 5.74) is 0. The summed E-state index contributed by atoms with van der Waals surface area (Å²) < 4.78 is 10.8. The predicted octanol–water partition coefficient (Wildman–Crippen LogP) is 2.65. The van der Waals surface area contributed by atoms with Crippen molar-refractivity contribution < 1.29 is 29.6 Å². The summed E-state index contributed by atoms with van der Waals surface area (Å²) in [5, 5.41) is 32.9. The Bertz CT molecular complexity index is 422. The van der Waals surface area contributed by atoms with Gasteiger partial charge < -0.3 is 30.1 Å². The van der Waals surface area contributed by atoms with Crippen LogP contribution in [0.1, 0.15) is 90.9 Å². The van der Waals surface area contributed by atoms with E-state index in [-0.39, 0.29) is 0 Å². The molecule has 5 atom stereocenters. The first-order valence-corrected chi connectivity index (χ1v) is 11.6. The van der Waals surface area contributed by atoms with E-state index in [0.717, 1.165) is 32.1 Å². The van der Waals surface area contributed by atoms with E-state index in [2.05, 4.69) is 12.2 Å². The Hall–Kier alpha value is -0.730. The highest BCUT2D eigenvalue weighted by Gasteiger charge is 2.48. The van der Waals surface area contributed by atoms with Crippen molar-refractivity contribution in [2.24, 2.45) is 0 Å². The lowest BCUT2D eigenvalue weighted by atomic mass is 10.0. The van der Waals surface area contributed by atoms with Crippen LogP contribution in [0.2, 0.25) is 0 Å². The van der Waals surface area contributed by atoms with E-state index in [1.165, 1.54) is 44.9 Å². The summed E-state index contributed by atoms with van der Waals surface area (Å²) >= 11 is 0. The largest absolute Gasteiger partial charge is 0.387 e. The average Bonchev–Trinajstić information content (AvgIpc) is 3.00. The summed E-state index contributed by atoms with van der Waals surface area (Å²) in [7, 11) is 0. The van der Waals surface area contributed by atoms with Crippen molar-refractivity contribution in [2.75, 3.05) is 13.2 Å². The van der Waals surface area contributed by atoms with Gasteiger partial charge in [0.15, 0.2) is 12.4 Å². The van der Waals surface area contributed by atoms with Crippen molar-refractivity contribution >= 4 is 5.91 Å². The molecule has 0 aromatic heterocycles. The van der Waals surface area contributed by atoms with E-state index in [1.807, 2.05) is 6.92 Å². The van der Waals surface area contributed by atoms with Crippen LogP contribution in [0.25, 0.3) is 0 Å². The third-order valence-electron chi connectivity index (χ3n) is 5.45. The van der Waals surface area contributed by atoms with Crippen molar-refractivity contribution in [1.82, 2.24) is 5.32 Å². The van der Waals surface area contributed by atoms with Crippen LogP contribution in [0.4, 0.5) is 0 Å². The number of hydrogen-bond acceptors (Lipinski definition) is 6. The van der Waals surface area contributed by atoms with Crippen LogP contribution in [0.5, 0.6) is 0 Å². The fraction of sp³-hybridized carbons (Fsp3) is 0.955. The van der Waals surface area contributed by atoms with E-state index in [1.54, 1.807) is 0 Å². The van der Waals surface area contributed by atoms with E-state index >= 15 is 0 Å². The van der Waals surface area contributed by atoms with E-state index in [9.17, 15) is 20.1 Å². The maximum Gasteiger partial charge on any atom is 0.251 e. The Balaban J connectivity index is 2.13. The molecule has 0 spiro atoms. The number of aliphatic hydroxyl groups is 3. The molecule has 0 aliphatic carbocycles. The number of rotatable bonds is 17. The maximum atomic E-state index is 12.1. The quantitative estimate of drug-likeness (QED) is 0.271. The molecule has 1 aliphatic rings. The summed E-state index contributed by atoms with van der Waals surface area (Å²) in [5.74, 6) is -0.591. The number of ether oxygens (including phenoxy) is 2. The minimum Gasteiger partial charge on any atom is -0.387 e. The van der Waals surface area contributed by atoms with E-state index in [0.29, 0.717) is 13.2 Å². The Morgan fingerprint density at radius 1 is 0.897 bits per heavy atom. The second kappa shape index (κ2) is 16.0. The molecule has 1 rings (SSSR count). The molecule has 1 aliphatic heterocycles. The normalized spacial score (nSPS) is 25.3. The zero-order chi connectivity index (χ0) is 21.5. The fourth-order valence-electron chi connectivity index (χ4n) is 3.49. The van der Waals surface area contributed by atoms with Crippen molar-refractivity contribution in [2.45, 2.75) is 122 Å². The molecule has 4 N–H and O–H groups in total. The number of hydrogen-bond donors (Lipinski definition) is 4. The van der Waals surface area contributed by atoms with Gasteiger partial charge in [0, 0.05) is 13.2 Å². The molecule has 172 valence electrons. The van der Waals surface area contributed by atoms with Gasteiger partial charge in [-0.2, -0.15) is 0 Å². The molecular weight excluding hydrogens is 374 g/mol. The maximum absolute atomic E-state index is 12.1. The fourth-order valence-corrected chi connectivity index (χ4v) is 3.49. The van der Waals surface area contributed by atoms with Crippen LogP contribution in [-0.4, -0.2) is 65.1 Å². The molecule has 7 heteroatoms. The molecule has 0 aromatic rings. The van der Waals surface area contributed by atoms with Gasteiger partial charge in [0.05, 0.1) is 0 Å². The first-order chi connectivity index (χ1) is 14.0. The molecule has 1 saturated heterocycles. The molecule has 7 nitrogen and oxygen atoms in total. The Morgan fingerprint density at radius 3 is 2.03 bits per heavy atom. The van der Waals surface area contributed by atoms with Crippen molar-refractivity contribution in [3.63, 3.8) is 0 Å². The summed E-state index contributed by atoms with van der Waals surface area (Å²) in [6, 6.07) is 0. The number of carbonyl (C=O) groups is 1. The van der Waals surface area contributed by atoms with Gasteiger partial charge in [0.1, 0.15) is 18.3 Å². The molecule has 0 saturated carbocycles.